The number of benzene rings is 1. The van der Waals surface area contributed by atoms with Gasteiger partial charge in [0.25, 0.3) is 5.91 Å². The number of amides is 1. The number of carbonyl (C=O) groups excluding carboxylic acids is 2. The lowest BCUT2D eigenvalue weighted by Crippen LogP contribution is -2.33. The average molecular weight is 303 g/mol. The van der Waals surface area contributed by atoms with Crippen LogP contribution in [0.5, 0.6) is 0 Å². The van der Waals surface area contributed by atoms with Gasteiger partial charge in [-0.1, -0.05) is 0 Å². The van der Waals surface area contributed by atoms with Crippen LogP contribution in [0, 0.1) is 34.6 Å². The molecule has 1 aliphatic carbocycles. The van der Waals surface area contributed by atoms with Gasteiger partial charge in [0.1, 0.15) is 0 Å². The van der Waals surface area contributed by atoms with Crippen LogP contribution >= 0.6 is 0 Å². The minimum Gasteiger partial charge on any atom is -0.452 e. The van der Waals surface area contributed by atoms with Gasteiger partial charge in [-0.3, -0.25) is 4.79 Å². The summed E-state index contributed by atoms with van der Waals surface area (Å²) in [5, 5.41) is 0. The Balaban J connectivity index is 2.14. The minimum atomic E-state index is -0.404. The standard InChI is InChI=1S/C18H25NO3/c1-10-11(2)13(4)17(14(5)12(10)3)18(21)22-9-16(20)19(6)15-7-8-15/h15H,7-9H2,1-6H3. The Hall–Kier alpha value is -1.84. The van der Waals surface area contributed by atoms with Crippen molar-refractivity contribution < 1.29 is 14.3 Å². The van der Waals surface area contributed by atoms with E-state index in [1.165, 1.54) is 5.56 Å². The van der Waals surface area contributed by atoms with Crippen LogP contribution in [0.2, 0.25) is 0 Å². The molecule has 4 nitrogen and oxygen atoms in total. The van der Waals surface area contributed by atoms with Crippen molar-refractivity contribution in [2.24, 2.45) is 0 Å². The summed E-state index contributed by atoms with van der Waals surface area (Å²) in [6.45, 7) is 9.78. The first-order chi connectivity index (χ1) is 10.3. The zero-order valence-corrected chi connectivity index (χ0v) is 14.4. The van der Waals surface area contributed by atoms with Gasteiger partial charge in [0.05, 0.1) is 5.56 Å². The maximum Gasteiger partial charge on any atom is 0.339 e. The van der Waals surface area contributed by atoms with E-state index in [9.17, 15) is 9.59 Å². The molecule has 0 saturated heterocycles. The molecule has 1 aliphatic rings. The lowest BCUT2D eigenvalue weighted by Gasteiger charge is -2.19. The van der Waals surface area contributed by atoms with Gasteiger partial charge >= 0.3 is 5.97 Å². The fourth-order valence-electron chi connectivity index (χ4n) is 2.77. The average Bonchev–Trinajstić information content (AvgIpc) is 3.32. The normalized spacial score (nSPS) is 13.9. The highest BCUT2D eigenvalue weighted by Crippen LogP contribution is 2.27. The fourth-order valence-corrected chi connectivity index (χ4v) is 2.77. The van der Waals surface area contributed by atoms with Gasteiger partial charge in [-0.25, -0.2) is 4.79 Å². The first-order valence-electron chi connectivity index (χ1n) is 7.75. The molecule has 1 aromatic rings. The predicted molar refractivity (Wildman–Crippen MR) is 86.2 cm³/mol. The van der Waals surface area contributed by atoms with E-state index < -0.39 is 5.97 Å². The Kier molecular flexibility index (Phi) is 4.59. The van der Waals surface area contributed by atoms with Crippen LogP contribution in [-0.2, 0) is 9.53 Å². The number of hydrogen-bond donors (Lipinski definition) is 0. The summed E-state index contributed by atoms with van der Waals surface area (Å²) in [5.74, 6) is -0.537. The van der Waals surface area contributed by atoms with Gasteiger partial charge in [-0.05, 0) is 75.3 Å². The van der Waals surface area contributed by atoms with Gasteiger partial charge < -0.3 is 9.64 Å². The number of carbonyl (C=O) groups is 2. The number of hydrogen-bond acceptors (Lipinski definition) is 3. The molecule has 2 rings (SSSR count). The largest absolute Gasteiger partial charge is 0.452 e. The molecule has 0 heterocycles. The van der Waals surface area contributed by atoms with Gasteiger partial charge in [0, 0.05) is 13.1 Å². The summed E-state index contributed by atoms with van der Waals surface area (Å²) < 4.78 is 5.27. The van der Waals surface area contributed by atoms with Gasteiger partial charge in [0.15, 0.2) is 6.61 Å². The van der Waals surface area contributed by atoms with E-state index in [0.717, 1.165) is 35.1 Å². The van der Waals surface area contributed by atoms with Crippen LogP contribution in [0.3, 0.4) is 0 Å². The molecule has 0 radical (unpaired) electrons. The fraction of sp³-hybridized carbons (Fsp3) is 0.556. The first-order valence-corrected chi connectivity index (χ1v) is 7.75. The Bertz CT molecular complexity index is 601. The molecule has 4 heteroatoms. The monoisotopic (exact) mass is 303 g/mol. The number of likely N-dealkylation sites (N-methyl/N-ethyl adjacent to an activating group) is 1. The van der Waals surface area contributed by atoms with Gasteiger partial charge in [-0.15, -0.1) is 0 Å². The van der Waals surface area contributed by atoms with Crippen molar-refractivity contribution >= 4 is 11.9 Å². The molecular formula is C18H25NO3. The van der Waals surface area contributed by atoms with Crippen LogP contribution < -0.4 is 0 Å². The van der Waals surface area contributed by atoms with E-state index >= 15 is 0 Å². The van der Waals surface area contributed by atoms with Crippen molar-refractivity contribution in [3.05, 3.63) is 33.4 Å². The highest BCUT2D eigenvalue weighted by atomic mass is 16.5. The summed E-state index contributed by atoms with van der Waals surface area (Å²) in [7, 11) is 1.77. The third kappa shape index (κ3) is 3.01. The highest BCUT2D eigenvalue weighted by molar-refractivity contribution is 5.95. The lowest BCUT2D eigenvalue weighted by atomic mass is 9.90. The Morgan fingerprint density at radius 1 is 0.955 bits per heavy atom. The minimum absolute atomic E-state index is 0.133. The molecule has 22 heavy (non-hydrogen) atoms. The van der Waals surface area contributed by atoms with Gasteiger partial charge in [0.2, 0.25) is 0 Å². The first kappa shape index (κ1) is 16.5. The molecule has 0 atom stereocenters. The second-order valence-electron chi connectivity index (χ2n) is 6.31. The van der Waals surface area contributed by atoms with E-state index in [0.29, 0.717) is 11.6 Å². The smallest absolute Gasteiger partial charge is 0.339 e. The molecular weight excluding hydrogens is 278 g/mol. The van der Waals surface area contributed by atoms with E-state index in [1.807, 2.05) is 27.7 Å². The molecule has 0 N–H and O–H groups in total. The van der Waals surface area contributed by atoms with E-state index in [-0.39, 0.29) is 12.5 Å². The van der Waals surface area contributed by atoms with E-state index in [4.69, 9.17) is 4.74 Å². The summed E-state index contributed by atoms with van der Waals surface area (Å²) in [6.07, 6.45) is 2.09. The highest BCUT2D eigenvalue weighted by Gasteiger charge is 2.30. The van der Waals surface area contributed by atoms with E-state index in [1.54, 1.807) is 11.9 Å². The number of esters is 1. The molecule has 0 spiro atoms. The van der Waals surface area contributed by atoms with Crippen LogP contribution in [0.1, 0.15) is 51.0 Å². The summed E-state index contributed by atoms with van der Waals surface area (Å²) >= 11 is 0. The Labute approximate surface area is 132 Å². The second-order valence-corrected chi connectivity index (χ2v) is 6.31. The number of rotatable bonds is 4. The molecule has 1 saturated carbocycles. The van der Waals surface area contributed by atoms with Crippen molar-refractivity contribution in [1.82, 2.24) is 4.90 Å². The molecule has 1 amide bonds. The zero-order chi connectivity index (χ0) is 16.6. The predicted octanol–water partition coefficient (Wildman–Crippen LogP) is 3.01. The van der Waals surface area contributed by atoms with Gasteiger partial charge in [-0.2, -0.15) is 0 Å². The maximum atomic E-state index is 12.4. The van der Waals surface area contributed by atoms with Crippen molar-refractivity contribution in [2.75, 3.05) is 13.7 Å². The van der Waals surface area contributed by atoms with Crippen LogP contribution in [0.25, 0.3) is 0 Å². The molecule has 0 unspecified atom stereocenters. The van der Waals surface area contributed by atoms with E-state index in [2.05, 4.69) is 6.92 Å². The Morgan fingerprint density at radius 2 is 1.41 bits per heavy atom. The maximum absolute atomic E-state index is 12.4. The SMILES string of the molecule is Cc1c(C)c(C)c(C(=O)OCC(=O)N(C)C2CC2)c(C)c1C. The Morgan fingerprint density at radius 3 is 1.86 bits per heavy atom. The van der Waals surface area contributed by atoms with Crippen molar-refractivity contribution in [2.45, 2.75) is 53.5 Å². The second kappa shape index (κ2) is 6.11. The van der Waals surface area contributed by atoms with Crippen molar-refractivity contribution in [3.63, 3.8) is 0 Å². The van der Waals surface area contributed by atoms with Crippen molar-refractivity contribution in [1.29, 1.82) is 0 Å². The molecule has 1 aromatic carbocycles. The third-order valence-corrected chi connectivity index (χ3v) is 5.02. The van der Waals surface area contributed by atoms with Crippen LogP contribution in [0.15, 0.2) is 0 Å². The molecule has 1 fully saturated rings. The molecule has 0 aromatic heterocycles. The zero-order valence-electron chi connectivity index (χ0n) is 14.4. The lowest BCUT2D eigenvalue weighted by molar-refractivity contribution is -0.133. The summed E-state index contributed by atoms with van der Waals surface area (Å²) in [6, 6.07) is 0.332. The quantitative estimate of drug-likeness (QED) is 0.803. The van der Waals surface area contributed by atoms with Crippen LogP contribution in [0.4, 0.5) is 0 Å². The topological polar surface area (TPSA) is 46.6 Å². The van der Waals surface area contributed by atoms with Crippen LogP contribution in [-0.4, -0.2) is 36.5 Å². The number of nitrogens with zero attached hydrogens (tertiary/aromatic N) is 1. The summed E-state index contributed by atoms with van der Waals surface area (Å²) in [4.78, 5) is 26.1. The number of ether oxygens (including phenoxy) is 1. The molecule has 120 valence electrons. The third-order valence-electron chi connectivity index (χ3n) is 5.02. The molecule has 0 bridgehead atoms. The molecule has 0 aliphatic heterocycles. The summed E-state index contributed by atoms with van der Waals surface area (Å²) in [5.41, 5.74) is 5.90. The van der Waals surface area contributed by atoms with Crippen molar-refractivity contribution in [3.8, 4) is 0 Å².